The number of rotatable bonds is 4. The molecule has 3 N–H and O–H groups in total. The number of hydrogen-bond acceptors (Lipinski definition) is 5. The van der Waals surface area contributed by atoms with E-state index < -0.39 is 11.6 Å². The molecule has 0 bridgehead atoms. The van der Waals surface area contributed by atoms with Gasteiger partial charge in [0.25, 0.3) is 0 Å². The second kappa shape index (κ2) is 8.23. The predicted octanol–water partition coefficient (Wildman–Crippen LogP) is 5.11. The number of pyridine rings is 2. The molecule has 1 amide bonds. The first-order chi connectivity index (χ1) is 15.1. The van der Waals surface area contributed by atoms with Crippen molar-refractivity contribution in [3.63, 3.8) is 0 Å². The van der Waals surface area contributed by atoms with Crippen molar-refractivity contribution in [3.8, 4) is 17.1 Å². The Morgan fingerprint density at radius 1 is 1.19 bits per heavy atom. The van der Waals surface area contributed by atoms with Crippen LogP contribution in [0.4, 0.5) is 10.6 Å². The Morgan fingerprint density at radius 3 is 2.53 bits per heavy atom. The number of benzene rings is 1. The van der Waals surface area contributed by atoms with Gasteiger partial charge in [0.05, 0.1) is 5.56 Å². The highest BCUT2D eigenvalue weighted by atomic mass is 79.9. The summed E-state index contributed by atoms with van der Waals surface area (Å²) in [5, 5.41) is 9.59. The highest BCUT2D eigenvalue weighted by Gasteiger charge is 2.26. The minimum Gasteiger partial charge on any atom is -0.465 e. The fourth-order valence-corrected chi connectivity index (χ4v) is 3.82. The molecule has 0 unspecified atom stereocenters. The van der Waals surface area contributed by atoms with Crippen molar-refractivity contribution in [2.45, 2.75) is 32.9 Å². The summed E-state index contributed by atoms with van der Waals surface area (Å²) in [5.74, 6) is 1.01. The van der Waals surface area contributed by atoms with Crippen LogP contribution in [0.3, 0.4) is 0 Å². The van der Waals surface area contributed by atoms with E-state index in [0.29, 0.717) is 28.4 Å². The zero-order valence-corrected chi connectivity index (χ0v) is 19.5. The Labute approximate surface area is 193 Å². The molecule has 0 atom stereocenters. The third-order valence-corrected chi connectivity index (χ3v) is 5.55. The molecule has 8 nitrogen and oxygen atoms in total. The predicted molar refractivity (Wildman–Crippen MR) is 128 cm³/mol. The highest BCUT2D eigenvalue weighted by Crippen LogP contribution is 2.31. The van der Waals surface area contributed by atoms with Gasteiger partial charge in [-0.1, -0.05) is 12.1 Å². The quantitative estimate of drug-likeness (QED) is 0.407. The van der Waals surface area contributed by atoms with Gasteiger partial charge in [-0.15, -0.1) is 0 Å². The number of carboxylic acid groups (broad SMARTS) is 1. The molecule has 4 rings (SSSR count). The second-order valence-corrected chi connectivity index (χ2v) is 9.32. The maximum atomic E-state index is 11.7. The van der Waals surface area contributed by atoms with E-state index in [1.54, 1.807) is 12.4 Å². The second-order valence-electron chi connectivity index (χ2n) is 8.41. The minimum atomic E-state index is -0.953. The average Bonchev–Trinajstić information content (AvgIpc) is 3.10. The number of hydrogen-bond donors (Lipinski definition) is 2. The van der Waals surface area contributed by atoms with Gasteiger partial charge in [0, 0.05) is 34.6 Å². The highest BCUT2D eigenvalue weighted by molar-refractivity contribution is 9.10. The molecular weight excluding hydrogens is 472 g/mol. The molecule has 0 radical (unpaired) electrons. The summed E-state index contributed by atoms with van der Waals surface area (Å²) in [5.41, 5.74) is 9.46. The standard InChI is InChI=1S/C23H23BrN6O2/c1-23(2,3)29(22(31)32)13-14-6-8-16(9-7-14)30-20(17-5-4-10-26-19(17)25)28-18-11-15(24)12-27-21(18)30/h4-12H,13H2,1-3H3,(H2,25,26)(H,31,32). The molecule has 1 aromatic carbocycles. The van der Waals surface area contributed by atoms with Crippen LogP contribution in [0.5, 0.6) is 0 Å². The Morgan fingerprint density at radius 2 is 1.91 bits per heavy atom. The zero-order chi connectivity index (χ0) is 23.0. The van der Waals surface area contributed by atoms with Gasteiger partial charge in [-0.25, -0.2) is 19.7 Å². The molecule has 3 heterocycles. The maximum Gasteiger partial charge on any atom is 0.408 e. The Hall–Kier alpha value is -3.46. The SMILES string of the molecule is CC(C)(C)N(Cc1ccc(-n2c(-c3cccnc3N)nc3cc(Br)cnc32)cc1)C(=O)O. The number of carbonyl (C=O) groups is 1. The molecule has 0 fully saturated rings. The normalized spacial score (nSPS) is 11.6. The van der Waals surface area contributed by atoms with E-state index in [1.165, 1.54) is 4.90 Å². The van der Waals surface area contributed by atoms with E-state index in [0.717, 1.165) is 15.7 Å². The van der Waals surface area contributed by atoms with Crippen LogP contribution < -0.4 is 5.73 Å². The van der Waals surface area contributed by atoms with Gasteiger partial charge in [0.2, 0.25) is 0 Å². The summed E-state index contributed by atoms with van der Waals surface area (Å²) in [7, 11) is 0. The van der Waals surface area contributed by atoms with Crippen LogP contribution in [0.1, 0.15) is 26.3 Å². The smallest absolute Gasteiger partial charge is 0.408 e. The van der Waals surface area contributed by atoms with Crippen LogP contribution in [-0.2, 0) is 6.54 Å². The number of nitrogens with zero attached hydrogens (tertiary/aromatic N) is 5. The zero-order valence-electron chi connectivity index (χ0n) is 18.0. The Bertz CT molecular complexity index is 1290. The lowest BCUT2D eigenvalue weighted by atomic mass is 10.1. The number of aromatic nitrogens is 4. The lowest BCUT2D eigenvalue weighted by Crippen LogP contribution is -2.44. The number of imidazole rings is 1. The number of nitrogen functional groups attached to an aromatic ring is 1. The van der Waals surface area contributed by atoms with Crippen molar-refractivity contribution in [3.05, 3.63) is 64.9 Å². The van der Waals surface area contributed by atoms with Gasteiger partial charge < -0.3 is 10.8 Å². The van der Waals surface area contributed by atoms with Gasteiger partial charge in [-0.2, -0.15) is 0 Å². The van der Waals surface area contributed by atoms with E-state index in [2.05, 4.69) is 25.9 Å². The molecule has 0 aliphatic rings. The number of anilines is 1. The van der Waals surface area contributed by atoms with Gasteiger partial charge in [-0.05, 0) is 72.6 Å². The van der Waals surface area contributed by atoms with Gasteiger partial charge in [0.1, 0.15) is 11.3 Å². The molecule has 0 saturated heterocycles. The lowest BCUT2D eigenvalue weighted by Gasteiger charge is -2.33. The Balaban J connectivity index is 1.81. The van der Waals surface area contributed by atoms with Crippen LogP contribution in [-0.4, -0.2) is 41.2 Å². The average molecular weight is 495 g/mol. The molecule has 164 valence electrons. The number of halogens is 1. The maximum absolute atomic E-state index is 11.7. The molecular formula is C23H23BrN6O2. The summed E-state index contributed by atoms with van der Waals surface area (Å²) < 4.78 is 2.75. The van der Waals surface area contributed by atoms with Crippen LogP contribution >= 0.6 is 15.9 Å². The van der Waals surface area contributed by atoms with E-state index >= 15 is 0 Å². The fraction of sp³-hybridized carbons (Fsp3) is 0.217. The Kier molecular flexibility index (Phi) is 5.60. The topological polar surface area (TPSA) is 110 Å². The largest absolute Gasteiger partial charge is 0.465 e. The van der Waals surface area contributed by atoms with Crippen LogP contribution in [0, 0.1) is 0 Å². The van der Waals surface area contributed by atoms with Crippen LogP contribution in [0.2, 0.25) is 0 Å². The number of fused-ring (bicyclic) bond motifs is 1. The molecule has 0 aliphatic heterocycles. The van der Waals surface area contributed by atoms with Crippen molar-refractivity contribution >= 4 is 39.0 Å². The summed E-state index contributed by atoms with van der Waals surface area (Å²) >= 11 is 3.45. The molecule has 4 aromatic rings. The van der Waals surface area contributed by atoms with E-state index in [1.807, 2.05) is 67.8 Å². The third-order valence-electron chi connectivity index (χ3n) is 5.12. The number of amides is 1. The van der Waals surface area contributed by atoms with Gasteiger partial charge in [0.15, 0.2) is 11.5 Å². The monoisotopic (exact) mass is 494 g/mol. The molecule has 3 aromatic heterocycles. The molecule has 0 saturated carbocycles. The van der Waals surface area contributed by atoms with Gasteiger partial charge in [-0.3, -0.25) is 9.47 Å². The van der Waals surface area contributed by atoms with Crippen LogP contribution in [0.15, 0.2) is 59.3 Å². The van der Waals surface area contributed by atoms with Crippen molar-refractivity contribution in [1.82, 2.24) is 24.4 Å². The summed E-state index contributed by atoms with van der Waals surface area (Å²) in [6.45, 7) is 5.92. The van der Waals surface area contributed by atoms with Gasteiger partial charge >= 0.3 is 6.09 Å². The minimum absolute atomic E-state index is 0.289. The number of nitrogens with two attached hydrogens (primary N) is 1. The molecule has 32 heavy (non-hydrogen) atoms. The van der Waals surface area contributed by atoms with Crippen molar-refractivity contribution in [2.24, 2.45) is 0 Å². The summed E-state index contributed by atoms with van der Waals surface area (Å²) in [6, 6.07) is 13.3. The molecule has 0 spiro atoms. The lowest BCUT2D eigenvalue weighted by molar-refractivity contribution is 0.0955. The molecule has 0 aliphatic carbocycles. The van der Waals surface area contributed by atoms with Crippen molar-refractivity contribution in [1.29, 1.82) is 0 Å². The first-order valence-corrected chi connectivity index (χ1v) is 10.8. The van der Waals surface area contributed by atoms with E-state index in [-0.39, 0.29) is 6.54 Å². The first kappa shape index (κ1) is 21.8. The van der Waals surface area contributed by atoms with E-state index in [4.69, 9.17) is 10.7 Å². The summed E-state index contributed by atoms with van der Waals surface area (Å²) in [6.07, 6.45) is 2.41. The first-order valence-electron chi connectivity index (χ1n) is 10.00. The van der Waals surface area contributed by atoms with Crippen molar-refractivity contribution < 1.29 is 9.90 Å². The van der Waals surface area contributed by atoms with Crippen molar-refractivity contribution in [2.75, 3.05) is 5.73 Å². The summed E-state index contributed by atoms with van der Waals surface area (Å²) in [4.78, 5) is 26.6. The molecule has 9 heteroatoms. The fourth-order valence-electron chi connectivity index (χ4n) is 3.50. The van der Waals surface area contributed by atoms with E-state index in [9.17, 15) is 9.90 Å². The third kappa shape index (κ3) is 4.16. The van der Waals surface area contributed by atoms with Crippen LogP contribution in [0.25, 0.3) is 28.2 Å².